The third-order valence-corrected chi connectivity index (χ3v) is 2.89. The van der Waals surface area contributed by atoms with E-state index in [1.807, 2.05) is 0 Å². The van der Waals surface area contributed by atoms with Gasteiger partial charge in [0.05, 0.1) is 5.69 Å². The van der Waals surface area contributed by atoms with E-state index >= 15 is 0 Å². The first-order valence-electron chi connectivity index (χ1n) is 6.77. The van der Waals surface area contributed by atoms with Gasteiger partial charge in [0.25, 0.3) is 0 Å². The Balaban J connectivity index is 1.92. The van der Waals surface area contributed by atoms with Crippen LogP contribution in [-0.2, 0) is 24.2 Å². The van der Waals surface area contributed by atoms with Crippen LogP contribution in [0.25, 0.3) is 0 Å². The number of nitrogens with two attached hydrogens (primary N) is 1. The number of nitrogens with zero attached hydrogens (tertiary/aromatic N) is 5. The third kappa shape index (κ3) is 4.35. The molecule has 2 aromatic heterocycles. The Morgan fingerprint density at radius 3 is 3.10 bits per heavy atom. The van der Waals surface area contributed by atoms with Gasteiger partial charge in [0.2, 0.25) is 5.89 Å². The molecule has 0 saturated carbocycles. The molecule has 3 N–H and O–H groups in total. The highest BCUT2D eigenvalue weighted by Gasteiger charge is 2.15. The molecule has 0 bridgehead atoms. The van der Waals surface area contributed by atoms with Crippen molar-refractivity contribution in [2.45, 2.75) is 45.2 Å². The van der Waals surface area contributed by atoms with Gasteiger partial charge in [-0.1, -0.05) is 23.7 Å². The van der Waals surface area contributed by atoms with E-state index in [1.165, 1.54) is 4.68 Å². The zero-order valence-electron chi connectivity index (χ0n) is 11.8. The number of carbonyl (C=O) groups is 1. The number of rotatable bonds is 8. The second kappa shape index (κ2) is 6.93. The largest absolute Gasteiger partial charge is 0.480 e. The molecule has 2 heterocycles. The Kier molecular flexibility index (Phi) is 4.99. The summed E-state index contributed by atoms with van der Waals surface area (Å²) in [6, 6.07) is -0.987. The molecule has 2 aromatic rings. The average Bonchev–Trinajstić information content (AvgIpc) is 3.06. The van der Waals surface area contributed by atoms with Gasteiger partial charge in [-0.2, -0.15) is 4.98 Å². The number of carboxylic acid groups (broad SMARTS) is 1. The minimum absolute atomic E-state index is 0.126. The normalized spacial score (nSPS) is 12.5. The Morgan fingerprint density at radius 1 is 1.57 bits per heavy atom. The molecule has 21 heavy (non-hydrogen) atoms. The van der Waals surface area contributed by atoms with Crippen LogP contribution in [0.4, 0.5) is 0 Å². The molecule has 0 aliphatic heterocycles. The first kappa shape index (κ1) is 15.1. The van der Waals surface area contributed by atoms with Crippen LogP contribution in [0.1, 0.15) is 37.2 Å². The minimum atomic E-state index is -1.07. The number of hydrogen-bond acceptors (Lipinski definition) is 7. The summed E-state index contributed by atoms with van der Waals surface area (Å²) >= 11 is 0. The first-order valence-corrected chi connectivity index (χ1v) is 6.77. The van der Waals surface area contributed by atoms with Gasteiger partial charge < -0.3 is 15.4 Å². The van der Waals surface area contributed by atoms with Gasteiger partial charge in [0.15, 0.2) is 5.82 Å². The molecule has 0 aliphatic carbocycles. The van der Waals surface area contributed by atoms with Crippen LogP contribution < -0.4 is 5.73 Å². The van der Waals surface area contributed by atoms with Crippen LogP contribution in [0.5, 0.6) is 0 Å². The molecule has 114 valence electrons. The Bertz CT molecular complexity index is 593. The molecular weight excluding hydrogens is 276 g/mol. The number of unbranched alkanes of at least 4 members (excludes halogenated alkanes) is 1. The maximum atomic E-state index is 10.7. The van der Waals surface area contributed by atoms with Crippen molar-refractivity contribution in [3.05, 3.63) is 23.6 Å². The van der Waals surface area contributed by atoms with Crippen molar-refractivity contribution in [2.24, 2.45) is 5.73 Å². The summed E-state index contributed by atoms with van der Waals surface area (Å²) in [6.07, 6.45) is 4.62. The maximum absolute atomic E-state index is 10.7. The quantitative estimate of drug-likeness (QED) is 0.695. The predicted octanol–water partition coefficient (Wildman–Crippen LogP) is 0.00640. The molecule has 0 aliphatic rings. The summed E-state index contributed by atoms with van der Waals surface area (Å²) in [5, 5.41) is 20.4. The van der Waals surface area contributed by atoms with E-state index in [0.29, 0.717) is 24.0 Å². The van der Waals surface area contributed by atoms with Crippen LogP contribution in [0, 0.1) is 0 Å². The molecule has 0 spiro atoms. The van der Waals surface area contributed by atoms with Crippen LogP contribution in [0.3, 0.4) is 0 Å². The summed E-state index contributed by atoms with van der Waals surface area (Å²) in [7, 11) is 0. The number of aryl methyl sites for hydroxylation is 1. The van der Waals surface area contributed by atoms with Crippen LogP contribution in [0.2, 0.25) is 0 Å². The topological polar surface area (TPSA) is 133 Å². The van der Waals surface area contributed by atoms with Gasteiger partial charge in [0, 0.05) is 19.0 Å². The van der Waals surface area contributed by atoms with Crippen molar-refractivity contribution in [1.29, 1.82) is 0 Å². The fourth-order valence-corrected chi connectivity index (χ4v) is 1.75. The molecule has 1 unspecified atom stereocenters. The molecule has 0 aromatic carbocycles. The van der Waals surface area contributed by atoms with E-state index in [-0.39, 0.29) is 6.42 Å². The van der Waals surface area contributed by atoms with Gasteiger partial charge >= 0.3 is 5.97 Å². The van der Waals surface area contributed by atoms with E-state index in [0.717, 1.165) is 19.3 Å². The lowest BCUT2D eigenvalue weighted by atomic mass is 10.2. The first-order chi connectivity index (χ1) is 10.1. The monoisotopic (exact) mass is 294 g/mol. The van der Waals surface area contributed by atoms with E-state index < -0.39 is 12.0 Å². The molecule has 0 radical (unpaired) electrons. The molecule has 9 nitrogen and oxygen atoms in total. The molecule has 2 rings (SSSR count). The summed E-state index contributed by atoms with van der Waals surface area (Å²) in [4.78, 5) is 14.9. The number of carboxylic acids is 1. The summed E-state index contributed by atoms with van der Waals surface area (Å²) in [6.45, 7) is 2.40. The highest BCUT2D eigenvalue weighted by atomic mass is 16.5. The standard InChI is InChI=1S/C12H18N6O3/c1-2-3-4-10-14-11(21-16-10)7-18-6-8(15-17-18)5-9(13)12(19)20/h6,9H,2-5,7,13H2,1H3,(H,19,20). The fourth-order valence-electron chi connectivity index (χ4n) is 1.75. The summed E-state index contributed by atoms with van der Waals surface area (Å²) in [5.41, 5.74) is 5.95. The molecule has 1 atom stereocenters. The molecule has 9 heteroatoms. The van der Waals surface area contributed by atoms with Gasteiger partial charge in [-0.3, -0.25) is 4.79 Å². The zero-order valence-corrected chi connectivity index (χ0v) is 11.8. The van der Waals surface area contributed by atoms with Gasteiger partial charge in [-0.05, 0) is 6.42 Å². The molecule has 0 saturated heterocycles. The highest BCUT2D eigenvalue weighted by molar-refractivity contribution is 5.73. The van der Waals surface area contributed by atoms with E-state index in [4.69, 9.17) is 15.4 Å². The summed E-state index contributed by atoms with van der Waals surface area (Å²) in [5.74, 6) is 0.0576. The Morgan fingerprint density at radius 2 is 2.38 bits per heavy atom. The average molecular weight is 294 g/mol. The zero-order chi connectivity index (χ0) is 15.2. The fraction of sp³-hybridized carbons (Fsp3) is 0.583. The Hall–Kier alpha value is -2.29. The van der Waals surface area contributed by atoms with Crippen LogP contribution in [-0.4, -0.2) is 42.3 Å². The number of aliphatic carboxylic acids is 1. The lowest BCUT2D eigenvalue weighted by Gasteiger charge is -2.01. The van der Waals surface area contributed by atoms with Gasteiger partial charge in [-0.25, -0.2) is 4.68 Å². The minimum Gasteiger partial charge on any atom is -0.480 e. The second-order valence-electron chi connectivity index (χ2n) is 4.76. The lowest BCUT2D eigenvalue weighted by molar-refractivity contribution is -0.138. The highest BCUT2D eigenvalue weighted by Crippen LogP contribution is 2.05. The van der Waals surface area contributed by atoms with Crippen LogP contribution >= 0.6 is 0 Å². The van der Waals surface area contributed by atoms with Gasteiger partial charge in [0.1, 0.15) is 12.6 Å². The van der Waals surface area contributed by atoms with Crippen LogP contribution in [0.15, 0.2) is 10.7 Å². The SMILES string of the molecule is CCCCc1noc(Cn2cc(CC(N)C(=O)O)nn2)n1. The maximum Gasteiger partial charge on any atom is 0.320 e. The second-order valence-corrected chi connectivity index (χ2v) is 4.76. The smallest absolute Gasteiger partial charge is 0.320 e. The number of hydrogen-bond donors (Lipinski definition) is 2. The third-order valence-electron chi connectivity index (χ3n) is 2.89. The predicted molar refractivity (Wildman–Crippen MR) is 71.3 cm³/mol. The molecule has 0 fully saturated rings. The van der Waals surface area contributed by atoms with Crippen molar-refractivity contribution >= 4 is 5.97 Å². The summed E-state index contributed by atoms with van der Waals surface area (Å²) < 4.78 is 6.64. The molecule has 0 amide bonds. The van der Waals surface area contributed by atoms with Gasteiger partial charge in [-0.15, -0.1) is 5.10 Å². The van der Waals surface area contributed by atoms with Crippen molar-refractivity contribution in [3.8, 4) is 0 Å². The van der Waals surface area contributed by atoms with Crippen molar-refractivity contribution in [1.82, 2.24) is 25.1 Å². The van der Waals surface area contributed by atoms with E-state index in [2.05, 4.69) is 27.4 Å². The van der Waals surface area contributed by atoms with E-state index in [1.54, 1.807) is 6.20 Å². The molecular formula is C12H18N6O3. The Labute approximate surface area is 121 Å². The van der Waals surface area contributed by atoms with Crippen molar-refractivity contribution in [2.75, 3.05) is 0 Å². The lowest BCUT2D eigenvalue weighted by Crippen LogP contribution is -2.32. The van der Waals surface area contributed by atoms with Crippen molar-refractivity contribution < 1.29 is 14.4 Å². The van der Waals surface area contributed by atoms with Crippen molar-refractivity contribution in [3.63, 3.8) is 0 Å². The number of aromatic nitrogens is 5. The van der Waals surface area contributed by atoms with E-state index in [9.17, 15) is 4.79 Å².